The number of rotatable bonds is 5. The molecule has 0 saturated carbocycles. The number of oxime groups is 1. The molecule has 0 bridgehead atoms. The zero-order chi connectivity index (χ0) is 16.5. The number of nitro groups is 1. The largest absolute Gasteiger partial charge is 0.540 e. The fraction of sp³-hybridized carbons (Fsp3) is 0.167. The lowest BCUT2D eigenvalue weighted by Gasteiger charge is -2.01. The molecular weight excluding hydrogens is 298 g/mol. The van der Waals surface area contributed by atoms with Gasteiger partial charge in [-0.15, -0.1) is 0 Å². The fourth-order valence-corrected chi connectivity index (χ4v) is 1.14. The fourth-order valence-electron chi connectivity index (χ4n) is 1.14. The molecule has 0 spiro atoms. The Morgan fingerprint density at radius 1 is 1.36 bits per heavy atom. The van der Waals surface area contributed by atoms with Crippen LogP contribution in [0.3, 0.4) is 0 Å². The van der Waals surface area contributed by atoms with Crippen LogP contribution in [0, 0.1) is 21.4 Å². The molecule has 0 fully saturated rings. The molecule has 0 amide bonds. The van der Waals surface area contributed by atoms with Crippen LogP contribution < -0.4 is 4.74 Å². The summed E-state index contributed by atoms with van der Waals surface area (Å²) in [5.41, 5.74) is -0.949. The summed E-state index contributed by atoms with van der Waals surface area (Å²) in [7, 11) is 0. The van der Waals surface area contributed by atoms with Crippen LogP contribution in [0.15, 0.2) is 29.4 Å². The van der Waals surface area contributed by atoms with Crippen LogP contribution in [0.5, 0.6) is 5.75 Å². The SMILES string of the molecule is CCOC(=O)/C(C#N)=N/OC(=O)Oc1ccc([N+](=O)[O-])cc1. The van der Waals surface area contributed by atoms with Crippen molar-refractivity contribution in [2.45, 2.75) is 6.92 Å². The molecule has 114 valence electrons. The second-order valence-corrected chi connectivity index (χ2v) is 3.47. The van der Waals surface area contributed by atoms with E-state index in [-0.39, 0.29) is 18.0 Å². The molecule has 0 aliphatic carbocycles. The van der Waals surface area contributed by atoms with Crippen molar-refractivity contribution >= 4 is 23.5 Å². The van der Waals surface area contributed by atoms with E-state index in [1.54, 1.807) is 0 Å². The van der Waals surface area contributed by atoms with Crippen LogP contribution in [0.25, 0.3) is 0 Å². The lowest BCUT2D eigenvalue weighted by molar-refractivity contribution is -0.384. The van der Waals surface area contributed by atoms with Crippen molar-refractivity contribution in [1.82, 2.24) is 0 Å². The summed E-state index contributed by atoms with van der Waals surface area (Å²) in [4.78, 5) is 36.5. The predicted molar refractivity (Wildman–Crippen MR) is 69.9 cm³/mol. The molecular formula is C12H9N3O7. The number of nitrogens with zero attached hydrogens (tertiary/aromatic N) is 3. The molecule has 0 aliphatic rings. The van der Waals surface area contributed by atoms with E-state index in [1.165, 1.54) is 25.1 Å². The first-order valence-electron chi connectivity index (χ1n) is 5.76. The number of hydrogen-bond acceptors (Lipinski definition) is 9. The number of nitriles is 1. The Hall–Kier alpha value is -3.48. The molecule has 1 aromatic rings. The summed E-state index contributed by atoms with van der Waals surface area (Å²) < 4.78 is 9.12. The predicted octanol–water partition coefficient (Wildman–Crippen LogP) is 1.55. The van der Waals surface area contributed by atoms with Gasteiger partial charge < -0.3 is 9.47 Å². The number of non-ortho nitro benzene ring substituents is 1. The highest BCUT2D eigenvalue weighted by Crippen LogP contribution is 2.17. The van der Waals surface area contributed by atoms with Gasteiger partial charge >= 0.3 is 12.1 Å². The Morgan fingerprint density at radius 3 is 2.50 bits per heavy atom. The molecule has 0 aliphatic heterocycles. The minimum absolute atomic E-state index is 0.0206. The number of nitro benzene ring substituents is 1. The third-order valence-electron chi connectivity index (χ3n) is 2.03. The molecule has 10 nitrogen and oxygen atoms in total. The number of hydrogen-bond donors (Lipinski definition) is 0. The van der Waals surface area contributed by atoms with Crippen molar-refractivity contribution < 1.29 is 28.8 Å². The molecule has 22 heavy (non-hydrogen) atoms. The van der Waals surface area contributed by atoms with E-state index in [0.717, 1.165) is 12.1 Å². The van der Waals surface area contributed by atoms with Gasteiger partial charge in [0.1, 0.15) is 11.8 Å². The van der Waals surface area contributed by atoms with Gasteiger partial charge in [0.15, 0.2) is 0 Å². The first kappa shape index (κ1) is 16.6. The highest BCUT2D eigenvalue weighted by atomic mass is 16.8. The number of carbonyl (C=O) groups is 2. The summed E-state index contributed by atoms with van der Waals surface area (Å²) in [6.07, 6.45) is -1.33. The first-order chi connectivity index (χ1) is 10.5. The van der Waals surface area contributed by atoms with Gasteiger partial charge in [0, 0.05) is 12.1 Å². The Kier molecular flexibility index (Phi) is 5.99. The Labute approximate surface area is 123 Å². The van der Waals surface area contributed by atoms with E-state index < -0.39 is 22.8 Å². The van der Waals surface area contributed by atoms with E-state index in [1.807, 2.05) is 0 Å². The van der Waals surface area contributed by atoms with Crippen LogP contribution in [-0.4, -0.2) is 29.4 Å². The van der Waals surface area contributed by atoms with Gasteiger partial charge in [0.2, 0.25) is 0 Å². The van der Waals surface area contributed by atoms with Gasteiger partial charge in [-0.1, -0.05) is 5.16 Å². The monoisotopic (exact) mass is 307 g/mol. The van der Waals surface area contributed by atoms with Crippen LogP contribution in [0.2, 0.25) is 0 Å². The maximum Gasteiger partial charge on any atom is 0.540 e. The van der Waals surface area contributed by atoms with Crippen molar-refractivity contribution in [3.8, 4) is 11.8 Å². The normalized spacial score (nSPS) is 10.3. The standard InChI is InChI=1S/C12H9N3O7/c1-2-20-11(16)10(7-13)14-22-12(17)21-9-5-3-8(4-6-9)15(18)19/h3-6H,2H2,1H3/b14-10+. The Bertz CT molecular complexity index is 646. The van der Waals surface area contributed by atoms with Crippen molar-refractivity contribution in [3.63, 3.8) is 0 Å². The molecule has 0 N–H and O–H groups in total. The molecule has 0 atom stereocenters. The third-order valence-corrected chi connectivity index (χ3v) is 2.03. The van der Waals surface area contributed by atoms with Crippen molar-refractivity contribution in [2.75, 3.05) is 6.61 Å². The van der Waals surface area contributed by atoms with E-state index in [4.69, 9.17) is 5.26 Å². The Morgan fingerprint density at radius 2 is 2.00 bits per heavy atom. The quantitative estimate of drug-likeness (QED) is 0.199. The van der Waals surface area contributed by atoms with Crippen LogP contribution in [-0.2, 0) is 14.4 Å². The number of esters is 1. The molecule has 0 saturated heterocycles. The average Bonchev–Trinajstić information content (AvgIpc) is 2.48. The minimum atomic E-state index is -1.33. The van der Waals surface area contributed by atoms with Gasteiger partial charge in [-0.3, -0.25) is 15.0 Å². The van der Waals surface area contributed by atoms with E-state index in [0.29, 0.717) is 0 Å². The van der Waals surface area contributed by atoms with Gasteiger partial charge in [-0.25, -0.2) is 9.59 Å². The highest BCUT2D eigenvalue weighted by molar-refractivity contribution is 6.42. The van der Waals surface area contributed by atoms with Crippen LogP contribution >= 0.6 is 0 Å². The van der Waals surface area contributed by atoms with E-state index >= 15 is 0 Å². The second kappa shape index (κ2) is 7.95. The van der Waals surface area contributed by atoms with Gasteiger partial charge in [-0.05, 0) is 19.1 Å². The molecule has 0 radical (unpaired) electrons. The number of ether oxygens (including phenoxy) is 2. The summed E-state index contributed by atoms with van der Waals surface area (Å²) in [5.74, 6) is -1.09. The van der Waals surface area contributed by atoms with Crippen molar-refractivity contribution in [3.05, 3.63) is 34.4 Å². The molecule has 10 heteroatoms. The summed E-state index contributed by atoms with van der Waals surface area (Å²) in [5, 5.41) is 22.1. The van der Waals surface area contributed by atoms with Gasteiger partial charge in [0.05, 0.1) is 11.5 Å². The zero-order valence-electron chi connectivity index (χ0n) is 11.2. The summed E-state index contributed by atoms with van der Waals surface area (Å²) in [6.45, 7) is 1.55. The molecule has 1 rings (SSSR count). The highest BCUT2D eigenvalue weighted by Gasteiger charge is 2.15. The van der Waals surface area contributed by atoms with Crippen molar-refractivity contribution in [2.24, 2.45) is 5.16 Å². The topological polar surface area (TPSA) is 141 Å². The molecule has 0 unspecified atom stereocenters. The Balaban J connectivity index is 2.64. The maximum atomic E-state index is 11.3. The molecule has 1 aromatic carbocycles. The second-order valence-electron chi connectivity index (χ2n) is 3.47. The lowest BCUT2D eigenvalue weighted by Crippen LogP contribution is -2.17. The minimum Gasteiger partial charge on any atom is -0.461 e. The van der Waals surface area contributed by atoms with E-state index in [2.05, 4.69) is 19.5 Å². The summed E-state index contributed by atoms with van der Waals surface area (Å²) >= 11 is 0. The van der Waals surface area contributed by atoms with Gasteiger partial charge in [-0.2, -0.15) is 5.26 Å². The van der Waals surface area contributed by atoms with Crippen LogP contribution in [0.1, 0.15) is 6.92 Å². The molecule has 0 aromatic heterocycles. The molecule has 0 heterocycles. The smallest absolute Gasteiger partial charge is 0.461 e. The third kappa shape index (κ3) is 4.89. The first-order valence-corrected chi connectivity index (χ1v) is 5.76. The number of benzene rings is 1. The zero-order valence-corrected chi connectivity index (χ0v) is 11.2. The van der Waals surface area contributed by atoms with Gasteiger partial charge in [0.25, 0.3) is 11.4 Å². The average molecular weight is 307 g/mol. The maximum absolute atomic E-state index is 11.3. The lowest BCUT2D eigenvalue weighted by atomic mass is 10.3. The number of carbonyl (C=O) groups excluding carboxylic acids is 2. The van der Waals surface area contributed by atoms with Crippen LogP contribution in [0.4, 0.5) is 10.5 Å². The van der Waals surface area contributed by atoms with Crippen molar-refractivity contribution in [1.29, 1.82) is 5.26 Å². The van der Waals surface area contributed by atoms with E-state index in [9.17, 15) is 19.7 Å². The summed E-state index contributed by atoms with van der Waals surface area (Å²) in [6, 6.07) is 5.96.